The van der Waals surface area contributed by atoms with Crippen molar-refractivity contribution in [3.05, 3.63) is 101 Å². The second kappa shape index (κ2) is 8.91. The Morgan fingerprint density at radius 2 is 1.56 bits per heavy atom. The van der Waals surface area contributed by atoms with Crippen LogP contribution in [0.1, 0.15) is 33.8 Å². The zero-order valence-electron chi connectivity index (χ0n) is 17.6. The third-order valence-electron chi connectivity index (χ3n) is 5.81. The topological polar surface area (TPSA) is 35.5 Å². The van der Waals surface area contributed by atoms with Crippen molar-refractivity contribution in [2.45, 2.75) is 12.3 Å². The summed E-state index contributed by atoms with van der Waals surface area (Å²) in [5.74, 6) is -3.65. The van der Waals surface area contributed by atoms with E-state index in [1.54, 1.807) is 24.3 Å². The fourth-order valence-corrected chi connectivity index (χ4v) is 4.25. The minimum atomic E-state index is -0.978. The summed E-state index contributed by atoms with van der Waals surface area (Å²) in [7, 11) is 2.82. The highest BCUT2D eigenvalue weighted by Gasteiger charge is 2.38. The van der Waals surface area contributed by atoms with Crippen molar-refractivity contribution in [2.24, 2.45) is 5.92 Å². The van der Waals surface area contributed by atoms with E-state index in [1.807, 2.05) is 18.2 Å². The number of halogens is 3. The van der Waals surface area contributed by atoms with Gasteiger partial charge in [-0.05, 0) is 41.3 Å². The molecular weight excluding hydrogens is 417 g/mol. The molecule has 2 atom stereocenters. The largest absolute Gasteiger partial charge is 0.497 e. The van der Waals surface area contributed by atoms with Gasteiger partial charge in [0.25, 0.3) is 0 Å². The molecule has 0 radical (unpaired) electrons. The molecule has 0 heterocycles. The lowest BCUT2D eigenvalue weighted by atomic mass is 9.82. The molecule has 0 N–H and O–H groups in total. The van der Waals surface area contributed by atoms with Crippen LogP contribution in [0.25, 0.3) is 5.57 Å². The normalized spacial score (nSPS) is 17.7. The fourth-order valence-electron chi connectivity index (χ4n) is 4.25. The number of benzene rings is 3. The first-order valence-electron chi connectivity index (χ1n) is 10.1. The Labute approximate surface area is 184 Å². The van der Waals surface area contributed by atoms with E-state index in [-0.39, 0.29) is 11.6 Å². The van der Waals surface area contributed by atoms with E-state index >= 15 is 0 Å². The number of allylic oxidation sites excluding steroid dienone is 2. The first-order valence-corrected chi connectivity index (χ1v) is 10.1. The van der Waals surface area contributed by atoms with E-state index in [0.717, 1.165) is 28.8 Å². The van der Waals surface area contributed by atoms with Gasteiger partial charge in [-0.1, -0.05) is 36.4 Å². The molecule has 4 rings (SSSR count). The number of carbonyl (C=O) groups excluding carboxylic acids is 1. The maximum absolute atomic E-state index is 14.7. The number of carbonyl (C=O) groups is 1. The molecule has 0 saturated heterocycles. The van der Waals surface area contributed by atoms with Crippen molar-refractivity contribution in [3.63, 3.8) is 0 Å². The van der Waals surface area contributed by atoms with Crippen LogP contribution < -0.4 is 9.47 Å². The number of hydrogen-bond acceptors (Lipinski definition) is 3. The van der Waals surface area contributed by atoms with Gasteiger partial charge in [-0.15, -0.1) is 0 Å². The Hall–Kier alpha value is -3.54. The van der Waals surface area contributed by atoms with Crippen LogP contribution in [-0.2, 0) is 0 Å². The molecule has 0 fully saturated rings. The van der Waals surface area contributed by atoms with Gasteiger partial charge >= 0.3 is 0 Å². The van der Waals surface area contributed by atoms with Gasteiger partial charge < -0.3 is 9.47 Å². The Kier molecular flexibility index (Phi) is 6.04. The van der Waals surface area contributed by atoms with Crippen LogP contribution in [0.4, 0.5) is 13.2 Å². The molecule has 3 aromatic carbocycles. The lowest BCUT2D eigenvalue weighted by molar-refractivity contribution is 0.0925. The number of ether oxygens (including phenoxy) is 2. The number of ketones is 1. The molecule has 0 saturated carbocycles. The van der Waals surface area contributed by atoms with Crippen LogP contribution in [-0.4, -0.2) is 20.0 Å². The molecule has 1 aliphatic rings. The lowest BCUT2D eigenvalue weighted by Crippen LogP contribution is -2.21. The molecule has 0 spiro atoms. The summed E-state index contributed by atoms with van der Waals surface area (Å²) in [6, 6.07) is 15.2. The second-order valence-corrected chi connectivity index (χ2v) is 7.61. The molecule has 6 heteroatoms. The minimum absolute atomic E-state index is 0.00760. The molecule has 3 aromatic rings. The highest BCUT2D eigenvalue weighted by atomic mass is 19.1. The lowest BCUT2D eigenvalue weighted by Gasteiger charge is -2.21. The summed E-state index contributed by atoms with van der Waals surface area (Å²) in [5.41, 5.74) is 1.70. The Morgan fingerprint density at radius 3 is 2.19 bits per heavy atom. The van der Waals surface area contributed by atoms with Gasteiger partial charge in [-0.2, -0.15) is 0 Å². The molecule has 0 aromatic heterocycles. The number of Topliss-reactive ketones (excluding diaryl/α,β-unsaturated/α-hetero) is 1. The van der Waals surface area contributed by atoms with Crippen LogP contribution in [0.5, 0.6) is 11.5 Å². The Morgan fingerprint density at radius 1 is 0.906 bits per heavy atom. The van der Waals surface area contributed by atoms with Crippen molar-refractivity contribution < 1.29 is 27.4 Å². The monoisotopic (exact) mass is 438 g/mol. The predicted octanol–water partition coefficient (Wildman–Crippen LogP) is 6.19. The third kappa shape index (κ3) is 4.00. The Balaban J connectivity index is 1.81. The van der Waals surface area contributed by atoms with Crippen molar-refractivity contribution in [1.82, 2.24) is 0 Å². The van der Waals surface area contributed by atoms with E-state index in [2.05, 4.69) is 0 Å². The first kappa shape index (κ1) is 21.7. The number of para-hydroxylation sites is 1. The first-order chi connectivity index (χ1) is 15.4. The fraction of sp³-hybridized carbons (Fsp3) is 0.192. The van der Waals surface area contributed by atoms with Gasteiger partial charge in [0, 0.05) is 24.0 Å². The summed E-state index contributed by atoms with van der Waals surface area (Å²) in [6.45, 7) is 0. The van der Waals surface area contributed by atoms with E-state index in [4.69, 9.17) is 9.47 Å². The molecule has 0 aliphatic heterocycles. The molecule has 0 bridgehead atoms. The molecule has 2 unspecified atom stereocenters. The standard InChI is InChI=1S/C26H21F3O3/c1-31-18-13-22(28)25(23(29)14-18)26(30)21-12-16(15-7-9-17(27)10-8-15)11-20(21)19-5-3-4-6-24(19)32-2/h3-10,12-14,20-21H,11H2,1-2H3. The highest BCUT2D eigenvalue weighted by Crippen LogP contribution is 2.47. The van der Waals surface area contributed by atoms with Crippen molar-refractivity contribution >= 4 is 11.4 Å². The molecular formula is C26H21F3O3. The van der Waals surface area contributed by atoms with Gasteiger partial charge in [-0.25, -0.2) is 13.2 Å². The summed E-state index contributed by atoms with van der Waals surface area (Å²) < 4.78 is 53.2. The van der Waals surface area contributed by atoms with Gasteiger partial charge in [-0.3, -0.25) is 4.79 Å². The summed E-state index contributed by atoms with van der Waals surface area (Å²) in [4.78, 5) is 13.4. The van der Waals surface area contributed by atoms with Crippen LogP contribution in [0.2, 0.25) is 0 Å². The maximum Gasteiger partial charge on any atom is 0.176 e. The Bertz CT molecular complexity index is 1160. The van der Waals surface area contributed by atoms with E-state index in [0.29, 0.717) is 12.2 Å². The molecule has 0 amide bonds. The number of rotatable bonds is 6. The number of methoxy groups -OCH3 is 2. The van der Waals surface area contributed by atoms with Crippen LogP contribution in [0.3, 0.4) is 0 Å². The summed E-state index contributed by atoms with van der Waals surface area (Å²) in [5, 5.41) is 0. The predicted molar refractivity (Wildman–Crippen MR) is 115 cm³/mol. The van der Waals surface area contributed by atoms with Crippen LogP contribution in [0, 0.1) is 23.4 Å². The van der Waals surface area contributed by atoms with Gasteiger partial charge in [0.2, 0.25) is 0 Å². The van der Waals surface area contributed by atoms with Crippen LogP contribution >= 0.6 is 0 Å². The average molecular weight is 438 g/mol. The van der Waals surface area contributed by atoms with Crippen molar-refractivity contribution in [1.29, 1.82) is 0 Å². The molecule has 164 valence electrons. The van der Waals surface area contributed by atoms with E-state index in [9.17, 15) is 18.0 Å². The van der Waals surface area contributed by atoms with Gasteiger partial charge in [0.1, 0.15) is 29.0 Å². The smallest absolute Gasteiger partial charge is 0.176 e. The average Bonchev–Trinajstić information content (AvgIpc) is 3.24. The van der Waals surface area contributed by atoms with E-state index < -0.39 is 34.8 Å². The summed E-state index contributed by atoms with van der Waals surface area (Å²) >= 11 is 0. The van der Waals surface area contributed by atoms with Crippen molar-refractivity contribution in [3.8, 4) is 11.5 Å². The molecule has 1 aliphatic carbocycles. The molecule has 3 nitrogen and oxygen atoms in total. The zero-order chi connectivity index (χ0) is 22.8. The maximum atomic E-state index is 14.7. The van der Waals surface area contributed by atoms with E-state index in [1.165, 1.54) is 26.4 Å². The number of hydrogen-bond donors (Lipinski definition) is 0. The zero-order valence-corrected chi connectivity index (χ0v) is 17.6. The quantitative estimate of drug-likeness (QED) is 0.431. The van der Waals surface area contributed by atoms with Gasteiger partial charge in [0.15, 0.2) is 5.78 Å². The minimum Gasteiger partial charge on any atom is -0.497 e. The third-order valence-corrected chi connectivity index (χ3v) is 5.81. The van der Waals surface area contributed by atoms with Gasteiger partial charge in [0.05, 0.1) is 19.8 Å². The SMILES string of the molecule is COc1cc(F)c(C(=O)C2C=C(c3ccc(F)cc3)CC2c2ccccc2OC)c(F)c1. The second-order valence-electron chi connectivity index (χ2n) is 7.61. The highest BCUT2D eigenvalue weighted by molar-refractivity contribution is 6.02. The molecule has 32 heavy (non-hydrogen) atoms. The van der Waals surface area contributed by atoms with Crippen LogP contribution in [0.15, 0.2) is 66.7 Å². The van der Waals surface area contributed by atoms with Crippen molar-refractivity contribution in [2.75, 3.05) is 14.2 Å². The summed E-state index contributed by atoms with van der Waals surface area (Å²) in [6.07, 6.45) is 2.15.